The Hall–Kier alpha value is -0.130. The van der Waals surface area contributed by atoms with Crippen molar-refractivity contribution < 1.29 is 13.5 Å². The Kier molecular flexibility index (Phi) is 4.14. The summed E-state index contributed by atoms with van der Waals surface area (Å²) in [5, 5.41) is 8.99. The van der Waals surface area contributed by atoms with Crippen molar-refractivity contribution in [3.8, 4) is 0 Å². The third-order valence-electron chi connectivity index (χ3n) is 3.18. The fourth-order valence-electron chi connectivity index (χ4n) is 1.96. The first-order valence-electron chi connectivity index (χ1n) is 5.50. The topological polar surface area (TPSA) is 57.6 Å². The van der Waals surface area contributed by atoms with Crippen LogP contribution in [0.5, 0.6) is 0 Å². The van der Waals surface area contributed by atoms with Gasteiger partial charge >= 0.3 is 0 Å². The van der Waals surface area contributed by atoms with Gasteiger partial charge in [0.25, 0.3) is 0 Å². The van der Waals surface area contributed by atoms with Gasteiger partial charge in [0.1, 0.15) is 0 Å². The Bertz CT molecular complexity index is 292. The molecule has 1 N–H and O–H groups in total. The Morgan fingerprint density at radius 3 is 2.07 bits per heavy atom. The first-order chi connectivity index (χ1) is 6.85. The standard InChI is InChI=1S/C10H21NO3S/c1-8(2)15(13,14)11(3)9-4-6-10(12)7-5-9/h8-10,12H,4-7H2,1-3H3. The largest absolute Gasteiger partial charge is 0.393 e. The van der Waals surface area contributed by atoms with E-state index in [4.69, 9.17) is 0 Å². The number of aliphatic hydroxyl groups excluding tert-OH is 1. The van der Waals surface area contributed by atoms with E-state index in [1.807, 2.05) is 0 Å². The molecule has 1 fully saturated rings. The van der Waals surface area contributed by atoms with Gasteiger partial charge in [-0.25, -0.2) is 12.7 Å². The van der Waals surface area contributed by atoms with Gasteiger partial charge in [-0.05, 0) is 39.5 Å². The lowest BCUT2D eigenvalue weighted by molar-refractivity contribution is 0.104. The highest BCUT2D eigenvalue weighted by atomic mass is 32.2. The lowest BCUT2D eigenvalue weighted by atomic mass is 9.93. The number of hydrogen-bond donors (Lipinski definition) is 1. The summed E-state index contributed by atoms with van der Waals surface area (Å²) in [7, 11) is -1.49. The molecular formula is C10H21NO3S. The quantitative estimate of drug-likeness (QED) is 0.792. The smallest absolute Gasteiger partial charge is 0.216 e. The summed E-state index contributed by atoms with van der Waals surface area (Å²) in [5.74, 6) is 0. The minimum Gasteiger partial charge on any atom is -0.393 e. The number of rotatable bonds is 3. The van der Waals surface area contributed by atoms with Crippen LogP contribution in [-0.4, -0.2) is 42.3 Å². The number of hydrogen-bond acceptors (Lipinski definition) is 3. The Morgan fingerprint density at radius 1 is 1.20 bits per heavy atom. The fraction of sp³-hybridized carbons (Fsp3) is 1.00. The molecule has 0 spiro atoms. The highest BCUT2D eigenvalue weighted by Crippen LogP contribution is 2.25. The maximum absolute atomic E-state index is 11.9. The molecule has 5 heteroatoms. The summed E-state index contributed by atoms with van der Waals surface area (Å²) >= 11 is 0. The molecule has 4 nitrogen and oxygen atoms in total. The molecule has 0 saturated heterocycles. The predicted octanol–water partition coefficient (Wildman–Crippen LogP) is 0.960. The van der Waals surface area contributed by atoms with Crippen molar-refractivity contribution in [2.24, 2.45) is 0 Å². The van der Waals surface area contributed by atoms with Crippen molar-refractivity contribution in [2.45, 2.75) is 56.9 Å². The van der Waals surface area contributed by atoms with Gasteiger partial charge in [-0.2, -0.15) is 0 Å². The molecule has 1 aliphatic rings. The SMILES string of the molecule is CC(C)S(=O)(=O)N(C)C1CCC(O)CC1. The fourth-order valence-corrected chi connectivity index (χ4v) is 3.25. The van der Waals surface area contributed by atoms with E-state index < -0.39 is 10.0 Å². The van der Waals surface area contributed by atoms with Crippen LogP contribution in [0.25, 0.3) is 0 Å². The Morgan fingerprint density at radius 2 is 1.67 bits per heavy atom. The maximum Gasteiger partial charge on any atom is 0.216 e. The number of nitrogens with zero attached hydrogens (tertiary/aromatic N) is 1. The van der Waals surface area contributed by atoms with Crippen LogP contribution in [0.1, 0.15) is 39.5 Å². The van der Waals surface area contributed by atoms with Crippen molar-refractivity contribution in [3.63, 3.8) is 0 Å². The van der Waals surface area contributed by atoms with Crippen LogP contribution in [0.4, 0.5) is 0 Å². The maximum atomic E-state index is 11.9. The highest BCUT2D eigenvalue weighted by molar-refractivity contribution is 7.89. The molecule has 0 radical (unpaired) electrons. The number of aliphatic hydroxyl groups is 1. The van der Waals surface area contributed by atoms with Crippen molar-refractivity contribution in [2.75, 3.05) is 7.05 Å². The second kappa shape index (κ2) is 4.80. The third-order valence-corrected chi connectivity index (χ3v) is 5.47. The van der Waals surface area contributed by atoms with Gasteiger partial charge in [0.2, 0.25) is 10.0 Å². The zero-order valence-electron chi connectivity index (χ0n) is 9.68. The van der Waals surface area contributed by atoms with Crippen LogP contribution in [0.3, 0.4) is 0 Å². The summed E-state index contributed by atoms with van der Waals surface area (Å²) in [6.07, 6.45) is 2.72. The van der Waals surface area contributed by atoms with Crippen LogP contribution in [0.15, 0.2) is 0 Å². The summed E-state index contributed by atoms with van der Waals surface area (Å²) in [6, 6.07) is 0.0702. The first-order valence-corrected chi connectivity index (χ1v) is 7.01. The van der Waals surface area contributed by atoms with Crippen LogP contribution in [-0.2, 0) is 10.0 Å². The molecule has 0 atom stereocenters. The molecule has 90 valence electrons. The lowest BCUT2D eigenvalue weighted by Crippen LogP contribution is -2.43. The van der Waals surface area contributed by atoms with E-state index in [0.29, 0.717) is 12.8 Å². The van der Waals surface area contributed by atoms with E-state index in [9.17, 15) is 13.5 Å². The molecule has 15 heavy (non-hydrogen) atoms. The van der Waals surface area contributed by atoms with E-state index in [-0.39, 0.29) is 17.4 Å². The first kappa shape index (κ1) is 12.9. The molecule has 0 unspecified atom stereocenters. The van der Waals surface area contributed by atoms with Crippen LogP contribution in [0.2, 0.25) is 0 Å². The average Bonchev–Trinajstić information content (AvgIpc) is 2.17. The van der Waals surface area contributed by atoms with Gasteiger partial charge in [-0.3, -0.25) is 0 Å². The molecule has 1 aliphatic carbocycles. The zero-order chi connectivity index (χ0) is 11.6. The van der Waals surface area contributed by atoms with Gasteiger partial charge in [0, 0.05) is 13.1 Å². The van der Waals surface area contributed by atoms with Crippen molar-refractivity contribution in [1.29, 1.82) is 0 Å². The molecule has 1 rings (SSSR count). The molecule has 0 bridgehead atoms. The minimum atomic E-state index is -3.14. The van der Waals surface area contributed by atoms with Gasteiger partial charge in [0.15, 0.2) is 0 Å². The van der Waals surface area contributed by atoms with Crippen LogP contribution >= 0.6 is 0 Å². The van der Waals surface area contributed by atoms with Gasteiger partial charge < -0.3 is 5.11 Å². The molecule has 0 aromatic carbocycles. The Balaban J connectivity index is 2.65. The summed E-state index contributed by atoms with van der Waals surface area (Å²) in [6.45, 7) is 3.40. The highest BCUT2D eigenvalue weighted by Gasteiger charge is 2.31. The Labute approximate surface area is 92.3 Å². The average molecular weight is 235 g/mol. The van der Waals surface area contributed by atoms with E-state index in [1.54, 1.807) is 20.9 Å². The normalized spacial score (nSPS) is 28.7. The van der Waals surface area contributed by atoms with Crippen molar-refractivity contribution >= 4 is 10.0 Å². The van der Waals surface area contributed by atoms with Crippen molar-refractivity contribution in [3.05, 3.63) is 0 Å². The zero-order valence-corrected chi connectivity index (χ0v) is 10.5. The summed E-state index contributed by atoms with van der Waals surface area (Å²) in [5.41, 5.74) is 0. The van der Waals surface area contributed by atoms with E-state index in [0.717, 1.165) is 12.8 Å². The molecular weight excluding hydrogens is 214 g/mol. The lowest BCUT2D eigenvalue weighted by Gasteiger charge is -2.33. The summed E-state index contributed by atoms with van der Waals surface area (Å²) < 4.78 is 25.2. The second-order valence-corrected chi connectivity index (χ2v) is 7.12. The van der Waals surface area contributed by atoms with Crippen molar-refractivity contribution in [1.82, 2.24) is 4.31 Å². The molecule has 0 aliphatic heterocycles. The minimum absolute atomic E-state index is 0.0702. The third kappa shape index (κ3) is 2.92. The van der Waals surface area contributed by atoms with Gasteiger partial charge in [0.05, 0.1) is 11.4 Å². The molecule has 1 saturated carbocycles. The molecule has 0 aromatic rings. The van der Waals surface area contributed by atoms with Gasteiger partial charge in [-0.1, -0.05) is 0 Å². The van der Waals surface area contributed by atoms with Crippen LogP contribution in [0, 0.1) is 0 Å². The van der Waals surface area contributed by atoms with Gasteiger partial charge in [-0.15, -0.1) is 0 Å². The number of sulfonamides is 1. The second-order valence-electron chi connectivity index (χ2n) is 4.57. The molecule has 0 amide bonds. The van der Waals surface area contributed by atoms with E-state index >= 15 is 0 Å². The predicted molar refractivity (Wildman–Crippen MR) is 60.1 cm³/mol. The van der Waals surface area contributed by atoms with Crippen LogP contribution < -0.4 is 0 Å². The molecule has 0 aromatic heterocycles. The summed E-state index contributed by atoms with van der Waals surface area (Å²) in [4.78, 5) is 0. The monoisotopic (exact) mass is 235 g/mol. The van der Waals surface area contributed by atoms with E-state index in [2.05, 4.69) is 0 Å². The van der Waals surface area contributed by atoms with E-state index in [1.165, 1.54) is 4.31 Å². The molecule has 0 heterocycles.